The van der Waals surface area contributed by atoms with E-state index in [1.54, 1.807) is 26.2 Å². The van der Waals surface area contributed by atoms with Gasteiger partial charge in [-0.25, -0.2) is 4.98 Å². The second-order valence-corrected chi connectivity index (χ2v) is 8.76. The Hall–Kier alpha value is -1.76. The number of hydrogen-bond donors (Lipinski definition) is 1. The monoisotopic (exact) mass is 413 g/mol. The molecule has 1 N–H and O–H groups in total. The Morgan fingerprint density at radius 2 is 1.90 bits per heavy atom. The number of rotatable bonds is 7. The Morgan fingerprint density at radius 1 is 1.14 bits per heavy atom. The highest BCUT2D eigenvalue weighted by atomic mass is 32.2. The van der Waals surface area contributed by atoms with Crippen molar-refractivity contribution in [1.82, 2.24) is 9.88 Å². The quantitative estimate of drug-likeness (QED) is 0.674. The van der Waals surface area contributed by atoms with Gasteiger partial charge in [0, 0.05) is 37.2 Å². The average Bonchev–Trinajstić information content (AvgIpc) is 2.93. The number of aromatic nitrogens is 1. The van der Waals surface area contributed by atoms with Gasteiger partial charge >= 0.3 is 0 Å². The van der Waals surface area contributed by atoms with Crippen LogP contribution in [-0.2, 0) is 17.6 Å². The molecule has 0 atom stereocenters. The van der Waals surface area contributed by atoms with Gasteiger partial charge in [0.15, 0.2) is 0 Å². The molecule has 29 heavy (non-hydrogen) atoms. The molecule has 6 heteroatoms. The van der Waals surface area contributed by atoms with Gasteiger partial charge in [-0.05, 0) is 73.0 Å². The summed E-state index contributed by atoms with van der Waals surface area (Å²) in [4.78, 5) is 8.47. The average molecular weight is 414 g/mol. The van der Waals surface area contributed by atoms with Gasteiger partial charge in [-0.15, -0.1) is 0 Å². The Bertz CT molecular complexity index is 822. The molecule has 1 aromatic carbocycles. The molecule has 1 aliphatic carbocycles. The van der Waals surface area contributed by atoms with Crippen LogP contribution in [0.25, 0.3) is 0 Å². The molecule has 1 aromatic heterocycles. The molecule has 0 unspecified atom stereocenters. The highest BCUT2D eigenvalue weighted by Gasteiger charge is 2.30. The van der Waals surface area contributed by atoms with E-state index in [0.29, 0.717) is 17.9 Å². The smallest absolute Gasteiger partial charge is 0.238 e. The van der Waals surface area contributed by atoms with Gasteiger partial charge in [-0.2, -0.15) is 0 Å². The first-order valence-corrected chi connectivity index (χ1v) is 11.4. The maximum atomic E-state index is 5.57. The molecule has 2 aromatic rings. The van der Waals surface area contributed by atoms with Crippen LogP contribution >= 0.6 is 11.9 Å². The molecule has 0 saturated heterocycles. The fourth-order valence-electron chi connectivity index (χ4n) is 4.16. The van der Waals surface area contributed by atoms with E-state index in [1.165, 1.54) is 21.7 Å². The molecule has 5 nitrogen and oxygen atoms in total. The summed E-state index contributed by atoms with van der Waals surface area (Å²) < 4.78 is 14.4. The summed E-state index contributed by atoms with van der Waals surface area (Å²) in [5, 5.41) is 0. The molecule has 1 fully saturated rings. The number of anilines is 1. The number of nitrogens with zero attached hydrogens (tertiary/aromatic N) is 2. The van der Waals surface area contributed by atoms with Crippen LogP contribution in [0.15, 0.2) is 35.2 Å². The number of fused-ring (bicyclic) bond motifs is 1. The van der Waals surface area contributed by atoms with Gasteiger partial charge in [-0.1, -0.05) is 19.1 Å². The van der Waals surface area contributed by atoms with Crippen molar-refractivity contribution in [3.8, 4) is 5.88 Å². The van der Waals surface area contributed by atoms with E-state index in [4.69, 9.17) is 14.5 Å². The highest BCUT2D eigenvalue weighted by Crippen LogP contribution is 2.39. The van der Waals surface area contributed by atoms with Crippen LogP contribution in [0.2, 0.25) is 0 Å². The van der Waals surface area contributed by atoms with Crippen LogP contribution in [0.4, 0.5) is 5.69 Å². The fraction of sp³-hybridized carbons (Fsp3) is 0.522. The summed E-state index contributed by atoms with van der Waals surface area (Å²) in [5.74, 6) is 1.32. The second-order valence-electron chi connectivity index (χ2n) is 7.88. The number of ether oxygens (including phenoxy) is 2. The molecule has 0 bridgehead atoms. The Morgan fingerprint density at radius 3 is 2.59 bits per heavy atom. The molecular weight excluding hydrogens is 382 g/mol. The van der Waals surface area contributed by atoms with E-state index >= 15 is 0 Å². The van der Waals surface area contributed by atoms with E-state index < -0.39 is 0 Å². The van der Waals surface area contributed by atoms with E-state index in [2.05, 4.69) is 46.9 Å². The minimum Gasteiger partial charge on any atom is -0.479 e. The lowest BCUT2D eigenvalue weighted by Crippen LogP contribution is -2.28. The lowest BCUT2D eigenvalue weighted by atomic mass is 9.77. The van der Waals surface area contributed by atoms with Crippen molar-refractivity contribution in [2.24, 2.45) is 0 Å². The Labute approximate surface area is 178 Å². The summed E-state index contributed by atoms with van der Waals surface area (Å²) in [6.07, 6.45) is 4.73. The lowest BCUT2D eigenvalue weighted by molar-refractivity contribution is 0.0257. The van der Waals surface area contributed by atoms with Crippen molar-refractivity contribution < 1.29 is 9.47 Å². The summed E-state index contributed by atoms with van der Waals surface area (Å²) in [6.45, 7) is 5.48. The summed E-state index contributed by atoms with van der Waals surface area (Å²) in [7, 11) is 3.50. The lowest BCUT2D eigenvalue weighted by Gasteiger charge is -2.34. The number of nitrogens with one attached hydrogen (secondary N) is 1. The SMILES string of the molecule is CCN1CCc2cc(NSc3ccc(C4CC(OC)C4)cc3)c(OC)nc2CC1. The zero-order valence-electron chi connectivity index (χ0n) is 17.6. The predicted octanol–water partition coefficient (Wildman–Crippen LogP) is 4.52. The Kier molecular flexibility index (Phi) is 6.63. The van der Waals surface area contributed by atoms with Crippen LogP contribution in [-0.4, -0.2) is 49.8 Å². The van der Waals surface area contributed by atoms with Crippen molar-refractivity contribution in [3.05, 3.63) is 47.2 Å². The van der Waals surface area contributed by atoms with Gasteiger partial charge in [0.05, 0.1) is 13.2 Å². The molecular formula is C23H31N3O2S. The van der Waals surface area contributed by atoms with Gasteiger partial charge in [-0.3, -0.25) is 0 Å². The topological polar surface area (TPSA) is 46.6 Å². The maximum absolute atomic E-state index is 5.57. The first kappa shape index (κ1) is 20.5. The maximum Gasteiger partial charge on any atom is 0.238 e. The van der Waals surface area contributed by atoms with Crippen molar-refractivity contribution in [3.63, 3.8) is 0 Å². The zero-order valence-corrected chi connectivity index (χ0v) is 18.4. The normalized spacial score (nSPS) is 21.8. The van der Waals surface area contributed by atoms with Crippen LogP contribution in [0.3, 0.4) is 0 Å². The predicted molar refractivity (Wildman–Crippen MR) is 119 cm³/mol. The molecule has 0 spiro atoms. The summed E-state index contributed by atoms with van der Waals surface area (Å²) >= 11 is 1.61. The molecule has 156 valence electrons. The molecule has 2 heterocycles. The standard InChI is InChI=1S/C23H31N3O2S/c1-4-26-11-9-17-15-22(23(28-3)24-21(17)10-12-26)25-29-20-7-5-16(6-8-20)18-13-19(14-18)27-2/h5-8,15,18-19,25H,4,9-14H2,1-3H3. The molecule has 4 rings (SSSR count). The van der Waals surface area contributed by atoms with Crippen molar-refractivity contribution >= 4 is 17.6 Å². The van der Waals surface area contributed by atoms with Crippen LogP contribution in [0, 0.1) is 0 Å². The molecule has 2 aliphatic rings. The molecule has 1 aliphatic heterocycles. The number of benzene rings is 1. The number of hydrogen-bond acceptors (Lipinski definition) is 6. The van der Waals surface area contributed by atoms with Crippen LogP contribution < -0.4 is 9.46 Å². The molecule has 0 radical (unpaired) electrons. The number of pyridine rings is 1. The number of methoxy groups -OCH3 is 2. The Balaban J connectivity index is 1.41. The largest absolute Gasteiger partial charge is 0.479 e. The highest BCUT2D eigenvalue weighted by molar-refractivity contribution is 8.00. The first-order valence-electron chi connectivity index (χ1n) is 10.5. The van der Waals surface area contributed by atoms with Gasteiger partial charge in [0.2, 0.25) is 5.88 Å². The third kappa shape index (κ3) is 4.71. The minimum atomic E-state index is 0.438. The number of likely N-dealkylation sites (N-methyl/N-ethyl adjacent to an activating group) is 1. The van der Waals surface area contributed by atoms with Crippen LogP contribution in [0.1, 0.15) is 42.5 Å². The van der Waals surface area contributed by atoms with Crippen LogP contribution in [0.5, 0.6) is 5.88 Å². The van der Waals surface area contributed by atoms with E-state index in [9.17, 15) is 0 Å². The van der Waals surface area contributed by atoms with Crippen molar-refractivity contribution in [1.29, 1.82) is 0 Å². The molecule has 1 saturated carbocycles. The van der Waals surface area contributed by atoms with E-state index in [-0.39, 0.29) is 0 Å². The van der Waals surface area contributed by atoms with Gasteiger partial charge in [0.25, 0.3) is 0 Å². The van der Waals surface area contributed by atoms with Crippen molar-refractivity contribution in [2.75, 3.05) is 38.6 Å². The summed E-state index contributed by atoms with van der Waals surface area (Å²) in [5.41, 5.74) is 4.87. The molecule has 0 amide bonds. The fourth-order valence-corrected chi connectivity index (χ4v) is 4.80. The van der Waals surface area contributed by atoms with E-state index in [0.717, 1.165) is 51.0 Å². The third-order valence-corrected chi connectivity index (χ3v) is 7.05. The van der Waals surface area contributed by atoms with E-state index in [1.807, 2.05) is 0 Å². The third-order valence-electron chi connectivity index (χ3n) is 6.22. The minimum absolute atomic E-state index is 0.438. The summed E-state index contributed by atoms with van der Waals surface area (Å²) in [6, 6.07) is 11.1. The first-order chi connectivity index (χ1) is 14.2. The zero-order chi connectivity index (χ0) is 20.2. The van der Waals surface area contributed by atoms with Gasteiger partial charge in [0.1, 0.15) is 5.69 Å². The van der Waals surface area contributed by atoms with Crippen molar-refractivity contribution in [2.45, 2.75) is 49.5 Å². The second kappa shape index (κ2) is 9.37. The van der Waals surface area contributed by atoms with Gasteiger partial charge < -0.3 is 19.1 Å².